The van der Waals surface area contributed by atoms with Crippen LogP contribution in [0.15, 0.2) is 16.1 Å². The molecule has 0 atom stereocenters. The van der Waals surface area contributed by atoms with Gasteiger partial charge in [-0.2, -0.15) is 0 Å². The summed E-state index contributed by atoms with van der Waals surface area (Å²) in [6, 6.07) is 0. The van der Waals surface area contributed by atoms with E-state index in [1.54, 1.807) is 6.20 Å². The zero-order valence-electron chi connectivity index (χ0n) is 8.79. The van der Waals surface area contributed by atoms with Crippen molar-refractivity contribution in [1.29, 1.82) is 0 Å². The van der Waals surface area contributed by atoms with Gasteiger partial charge >= 0.3 is 0 Å². The molecule has 0 unspecified atom stereocenters. The van der Waals surface area contributed by atoms with E-state index in [9.17, 15) is 4.79 Å². The maximum Gasteiger partial charge on any atom is 0.274 e. The van der Waals surface area contributed by atoms with Crippen LogP contribution in [-0.2, 0) is 0 Å². The summed E-state index contributed by atoms with van der Waals surface area (Å²) in [5, 5.41) is 1.49. The molecule has 0 aliphatic carbocycles. The zero-order chi connectivity index (χ0) is 11.0. The summed E-state index contributed by atoms with van der Waals surface area (Å²) in [6.45, 7) is 3.84. The fourth-order valence-corrected chi connectivity index (χ4v) is 2.00. The van der Waals surface area contributed by atoms with E-state index < -0.39 is 0 Å². The molecule has 0 aliphatic heterocycles. The number of aromatic amines is 1. The van der Waals surface area contributed by atoms with Gasteiger partial charge in [-0.15, -0.1) is 0 Å². The van der Waals surface area contributed by atoms with Crippen LogP contribution >= 0.6 is 11.8 Å². The molecule has 2 heterocycles. The minimum absolute atomic E-state index is 0.156. The predicted octanol–water partition coefficient (Wildman–Crippen LogP) is 1.66. The van der Waals surface area contributed by atoms with Gasteiger partial charge in [-0.25, -0.2) is 9.97 Å². The first-order chi connectivity index (χ1) is 7.13. The van der Waals surface area contributed by atoms with Gasteiger partial charge in [-0.3, -0.25) is 4.79 Å². The molecule has 0 radical (unpaired) electrons. The van der Waals surface area contributed by atoms with E-state index in [1.807, 2.05) is 20.1 Å². The van der Waals surface area contributed by atoms with E-state index in [2.05, 4.69) is 15.0 Å². The summed E-state index contributed by atoms with van der Waals surface area (Å²) < 4.78 is 0. The lowest BCUT2D eigenvalue weighted by Gasteiger charge is -2.05. The highest BCUT2D eigenvalue weighted by atomic mass is 32.2. The second kappa shape index (κ2) is 3.66. The third-order valence-electron chi connectivity index (χ3n) is 2.28. The highest BCUT2D eigenvalue weighted by molar-refractivity contribution is 7.98. The first-order valence-corrected chi connectivity index (χ1v) is 5.76. The zero-order valence-corrected chi connectivity index (χ0v) is 9.60. The van der Waals surface area contributed by atoms with Gasteiger partial charge in [-0.1, -0.05) is 11.8 Å². The van der Waals surface area contributed by atoms with Crippen LogP contribution in [0.25, 0.3) is 10.9 Å². The Hall–Kier alpha value is -1.36. The highest BCUT2D eigenvalue weighted by Gasteiger charge is 2.09. The lowest BCUT2D eigenvalue weighted by molar-refractivity contribution is 0.961. The summed E-state index contributed by atoms with van der Waals surface area (Å²) in [5.41, 5.74) is 2.17. The van der Waals surface area contributed by atoms with Crippen LogP contribution in [-0.4, -0.2) is 21.2 Å². The SMILES string of the molecule is CSc1nc(C)c2c(C)c[nH]c(=O)c2n1. The van der Waals surface area contributed by atoms with Crippen molar-refractivity contribution in [3.63, 3.8) is 0 Å². The van der Waals surface area contributed by atoms with Gasteiger partial charge in [0.2, 0.25) is 0 Å². The molecule has 78 valence electrons. The number of nitrogens with one attached hydrogen (secondary N) is 1. The van der Waals surface area contributed by atoms with Crippen LogP contribution < -0.4 is 5.56 Å². The van der Waals surface area contributed by atoms with Crippen molar-refractivity contribution < 1.29 is 0 Å². The number of hydrogen-bond donors (Lipinski definition) is 1. The molecule has 0 amide bonds. The second-order valence-corrected chi connectivity index (χ2v) is 4.09. The number of aryl methyl sites for hydroxylation is 2. The molecule has 0 aromatic carbocycles. The summed E-state index contributed by atoms with van der Waals surface area (Å²) in [7, 11) is 0. The molecule has 0 fully saturated rings. The van der Waals surface area contributed by atoms with Crippen LogP contribution in [0.1, 0.15) is 11.3 Å². The number of hydrogen-bond acceptors (Lipinski definition) is 4. The fraction of sp³-hybridized carbons (Fsp3) is 0.300. The molecule has 1 N–H and O–H groups in total. The van der Waals surface area contributed by atoms with Crippen LogP contribution in [0.5, 0.6) is 0 Å². The molecule has 2 aromatic rings. The maximum atomic E-state index is 11.6. The number of aromatic nitrogens is 3. The number of fused-ring (bicyclic) bond motifs is 1. The Morgan fingerprint density at radius 3 is 2.73 bits per heavy atom. The smallest absolute Gasteiger partial charge is 0.274 e. The molecule has 4 nitrogen and oxygen atoms in total. The minimum Gasteiger partial charge on any atom is -0.327 e. The van der Waals surface area contributed by atoms with Crippen molar-refractivity contribution in [1.82, 2.24) is 15.0 Å². The second-order valence-electron chi connectivity index (χ2n) is 3.32. The number of thioether (sulfide) groups is 1. The maximum absolute atomic E-state index is 11.6. The Balaban J connectivity index is 2.97. The van der Waals surface area contributed by atoms with Crippen LogP contribution in [0.4, 0.5) is 0 Å². The Labute approximate surface area is 91.2 Å². The molecule has 0 bridgehead atoms. The van der Waals surface area contributed by atoms with Crippen molar-refractivity contribution in [2.75, 3.05) is 6.26 Å². The molecule has 2 aromatic heterocycles. The van der Waals surface area contributed by atoms with E-state index in [-0.39, 0.29) is 5.56 Å². The van der Waals surface area contributed by atoms with Gasteiger partial charge in [0.1, 0.15) is 5.52 Å². The van der Waals surface area contributed by atoms with Crippen molar-refractivity contribution in [3.8, 4) is 0 Å². The number of H-pyrrole nitrogens is 1. The standard InChI is InChI=1S/C10H11N3OS/c1-5-4-11-9(14)8-7(5)6(2)12-10(13-8)15-3/h4H,1-3H3,(H,11,14). The van der Waals surface area contributed by atoms with Crippen LogP contribution in [0, 0.1) is 13.8 Å². The van der Waals surface area contributed by atoms with E-state index in [1.165, 1.54) is 11.8 Å². The van der Waals surface area contributed by atoms with Gasteiger partial charge in [0, 0.05) is 11.6 Å². The fourth-order valence-electron chi connectivity index (χ4n) is 1.59. The van der Waals surface area contributed by atoms with Crippen LogP contribution in [0.2, 0.25) is 0 Å². The van der Waals surface area contributed by atoms with E-state index >= 15 is 0 Å². The molecule has 0 saturated heterocycles. The van der Waals surface area contributed by atoms with Gasteiger partial charge in [0.15, 0.2) is 5.16 Å². The van der Waals surface area contributed by atoms with Crippen molar-refractivity contribution in [2.45, 2.75) is 19.0 Å². The third kappa shape index (κ3) is 1.63. The molecular weight excluding hydrogens is 210 g/mol. The normalized spacial score (nSPS) is 10.9. The lowest BCUT2D eigenvalue weighted by atomic mass is 10.1. The highest BCUT2D eigenvalue weighted by Crippen LogP contribution is 2.18. The topological polar surface area (TPSA) is 58.6 Å². The lowest BCUT2D eigenvalue weighted by Crippen LogP contribution is -2.10. The number of nitrogens with zero attached hydrogens (tertiary/aromatic N) is 2. The molecule has 5 heteroatoms. The molecule has 15 heavy (non-hydrogen) atoms. The summed E-state index contributed by atoms with van der Waals surface area (Å²) in [4.78, 5) is 22.8. The largest absolute Gasteiger partial charge is 0.327 e. The minimum atomic E-state index is -0.156. The predicted molar refractivity (Wildman–Crippen MR) is 61.4 cm³/mol. The molecular formula is C10H11N3OS. The molecule has 0 saturated carbocycles. The quantitative estimate of drug-likeness (QED) is 0.587. The van der Waals surface area contributed by atoms with Gasteiger partial charge in [0.05, 0.1) is 5.69 Å². The van der Waals surface area contributed by atoms with Gasteiger partial charge in [-0.05, 0) is 25.7 Å². The van der Waals surface area contributed by atoms with Gasteiger partial charge in [0.25, 0.3) is 5.56 Å². The van der Waals surface area contributed by atoms with Crippen molar-refractivity contribution in [3.05, 3.63) is 27.8 Å². The summed E-state index contributed by atoms with van der Waals surface area (Å²) in [5.74, 6) is 0. The molecule has 2 rings (SSSR count). The molecule has 0 aliphatic rings. The molecule has 0 spiro atoms. The Morgan fingerprint density at radius 2 is 2.07 bits per heavy atom. The van der Waals surface area contributed by atoms with E-state index in [4.69, 9.17) is 0 Å². The van der Waals surface area contributed by atoms with E-state index in [0.29, 0.717) is 10.7 Å². The number of rotatable bonds is 1. The first kappa shape index (κ1) is 10.2. The number of pyridine rings is 1. The first-order valence-electron chi connectivity index (χ1n) is 4.54. The Bertz CT molecular complexity index is 577. The van der Waals surface area contributed by atoms with Crippen LogP contribution in [0.3, 0.4) is 0 Å². The summed E-state index contributed by atoms with van der Waals surface area (Å²) >= 11 is 1.44. The van der Waals surface area contributed by atoms with Crippen molar-refractivity contribution in [2.24, 2.45) is 0 Å². The van der Waals surface area contributed by atoms with Crippen molar-refractivity contribution >= 4 is 22.7 Å². The Morgan fingerprint density at radius 1 is 1.33 bits per heavy atom. The average molecular weight is 221 g/mol. The van der Waals surface area contributed by atoms with E-state index in [0.717, 1.165) is 16.6 Å². The third-order valence-corrected chi connectivity index (χ3v) is 2.83. The average Bonchev–Trinajstić information content (AvgIpc) is 2.23. The summed E-state index contributed by atoms with van der Waals surface area (Å²) in [6.07, 6.45) is 3.59. The monoisotopic (exact) mass is 221 g/mol. The van der Waals surface area contributed by atoms with Gasteiger partial charge < -0.3 is 4.98 Å². The Kier molecular flexibility index (Phi) is 2.48.